The molecular formula is C31H17N3S2. The van der Waals surface area contributed by atoms with Gasteiger partial charge >= 0.3 is 0 Å². The molecule has 3 nitrogen and oxygen atoms in total. The van der Waals surface area contributed by atoms with Crippen LogP contribution < -0.4 is 0 Å². The van der Waals surface area contributed by atoms with Crippen LogP contribution in [-0.4, -0.2) is 14.2 Å². The van der Waals surface area contributed by atoms with Crippen LogP contribution in [-0.2, 0) is 0 Å². The molecule has 0 saturated heterocycles. The Morgan fingerprint density at radius 1 is 0.583 bits per heavy atom. The molecule has 168 valence electrons. The molecule has 0 aliphatic rings. The van der Waals surface area contributed by atoms with E-state index in [1.54, 1.807) is 0 Å². The fourth-order valence-corrected chi connectivity index (χ4v) is 8.03. The summed E-state index contributed by atoms with van der Waals surface area (Å²) < 4.78 is 9.70. The second kappa shape index (κ2) is 6.72. The van der Waals surface area contributed by atoms with Crippen molar-refractivity contribution < 1.29 is 0 Å². The molecule has 0 aliphatic carbocycles. The predicted molar refractivity (Wildman–Crippen MR) is 155 cm³/mol. The van der Waals surface area contributed by atoms with Gasteiger partial charge < -0.3 is 0 Å². The number of pyridine rings is 1. The summed E-state index contributed by atoms with van der Waals surface area (Å²) in [6.07, 6.45) is 2.13. The summed E-state index contributed by atoms with van der Waals surface area (Å²) in [6, 6.07) is 35.2. The van der Waals surface area contributed by atoms with Gasteiger partial charge in [-0.25, -0.2) is 4.52 Å². The summed E-state index contributed by atoms with van der Waals surface area (Å²) in [5.41, 5.74) is 3.56. The molecule has 9 rings (SSSR count). The largest absolute Gasteiger partial charge is 0.291 e. The molecule has 0 saturated carbocycles. The van der Waals surface area contributed by atoms with Crippen LogP contribution in [0.25, 0.3) is 73.5 Å². The molecular weight excluding hydrogens is 478 g/mol. The van der Waals surface area contributed by atoms with Crippen LogP contribution in [0, 0.1) is 0 Å². The molecule has 4 aromatic carbocycles. The number of rotatable bonds is 1. The van der Waals surface area contributed by atoms with E-state index in [1.807, 2.05) is 27.2 Å². The van der Waals surface area contributed by atoms with E-state index in [0.29, 0.717) is 0 Å². The molecule has 0 atom stereocenters. The van der Waals surface area contributed by atoms with Gasteiger partial charge in [0.15, 0.2) is 5.82 Å². The Bertz CT molecular complexity index is 2270. The van der Waals surface area contributed by atoms with Crippen molar-refractivity contribution in [3.63, 3.8) is 0 Å². The van der Waals surface area contributed by atoms with E-state index in [4.69, 9.17) is 5.10 Å². The van der Waals surface area contributed by atoms with Gasteiger partial charge in [0.25, 0.3) is 0 Å². The van der Waals surface area contributed by atoms with Crippen molar-refractivity contribution in [2.75, 3.05) is 0 Å². The van der Waals surface area contributed by atoms with E-state index in [2.05, 4.69) is 108 Å². The first-order chi connectivity index (χ1) is 17.8. The minimum absolute atomic E-state index is 0.952. The van der Waals surface area contributed by atoms with E-state index in [9.17, 15) is 0 Å². The molecule has 0 bridgehead atoms. The van der Waals surface area contributed by atoms with Crippen LogP contribution in [0.5, 0.6) is 0 Å². The Morgan fingerprint density at radius 3 is 2.22 bits per heavy atom. The second-order valence-corrected chi connectivity index (χ2v) is 11.5. The van der Waals surface area contributed by atoms with Crippen molar-refractivity contribution in [1.29, 1.82) is 0 Å². The van der Waals surface area contributed by atoms with Crippen molar-refractivity contribution in [1.82, 2.24) is 14.2 Å². The lowest BCUT2D eigenvalue weighted by atomic mass is 10.1. The Hall–Kier alpha value is -4.19. The fourth-order valence-electron chi connectivity index (χ4n) is 5.69. The maximum atomic E-state index is 5.11. The average Bonchev–Trinajstić information content (AvgIpc) is 3.65. The average molecular weight is 496 g/mol. The van der Waals surface area contributed by atoms with E-state index < -0.39 is 0 Å². The third kappa shape index (κ3) is 2.43. The van der Waals surface area contributed by atoms with Crippen LogP contribution in [0.3, 0.4) is 0 Å². The summed E-state index contributed by atoms with van der Waals surface area (Å²) >= 11 is 3.76. The summed E-state index contributed by atoms with van der Waals surface area (Å²) in [5.74, 6) is 0.952. The van der Waals surface area contributed by atoms with Gasteiger partial charge in [0.05, 0.1) is 21.3 Å². The summed E-state index contributed by atoms with van der Waals surface area (Å²) in [6.45, 7) is 0. The molecule has 0 fully saturated rings. The van der Waals surface area contributed by atoms with E-state index in [1.165, 1.54) is 62.2 Å². The third-order valence-corrected chi connectivity index (χ3v) is 9.64. The summed E-state index contributed by atoms with van der Waals surface area (Å²) in [4.78, 5) is 0. The molecule has 0 radical (unpaired) electrons. The van der Waals surface area contributed by atoms with Gasteiger partial charge in [-0.1, -0.05) is 60.7 Å². The first kappa shape index (κ1) is 19.1. The lowest BCUT2D eigenvalue weighted by Crippen LogP contribution is -1.95. The smallest absolute Gasteiger partial charge is 0.160 e. The zero-order chi connectivity index (χ0) is 23.4. The Morgan fingerprint density at radius 2 is 1.33 bits per heavy atom. The van der Waals surface area contributed by atoms with Crippen molar-refractivity contribution in [3.05, 3.63) is 103 Å². The van der Waals surface area contributed by atoms with Crippen LogP contribution in [0.1, 0.15) is 0 Å². The van der Waals surface area contributed by atoms with Crippen LogP contribution >= 0.6 is 22.7 Å². The Labute approximate surface area is 213 Å². The summed E-state index contributed by atoms with van der Waals surface area (Å²) in [5, 5.41) is 12.7. The molecule has 0 amide bonds. The van der Waals surface area contributed by atoms with E-state index >= 15 is 0 Å². The highest BCUT2D eigenvalue weighted by atomic mass is 32.1. The Kier molecular flexibility index (Phi) is 3.56. The van der Waals surface area contributed by atoms with Crippen molar-refractivity contribution in [2.24, 2.45) is 0 Å². The highest BCUT2D eigenvalue weighted by molar-refractivity contribution is 7.27. The number of hydrogen-bond donors (Lipinski definition) is 0. The number of aromatic nitrogens is 3. The predicted octanol–water partition coefficient (Wildman–Crippen LogP) is 9.17. The zero-order valence-corrected chi connectivity index (χ0v) is 20.6. The van der Waals surface area contributed by atoms with Crippen LogP contribution in [0.4, 0.5) is 0 Å². The molecule has 5 heterocycles. The second-order valence-electron chi connectivity index (χ2n) is 9.35. The number of fused-ring (bicyclic) bond motifs is 10. The maximum absolute atomic E-state index is 5.11. The monoisotopic (exact) mass is 495 g/mol. The normalized spacial score (nSPS) is 12.4. The van der Waals surface area contributed by atoms with Crippen molar-refractivity contribution in [2.45, 2.75) is 0 Å². The molecule has 9 aromatic rings. The summed E-state index contributed by atoms with van der Waals surface area (Å²) in [7, 11) is 0. The number of thiophene rings is 2. The van der Waals surface area contributed by atoms with Crippen molar-refractivity contribution >= 4 is 90.3 Å². The van der Waals surface area contributed by atoms with Crippen LogP contribution in [0.15, 0.2) is 103 Å². The Balaban J connectivity index is 1.47. The van der Waals surface area contributed by atoms with Crippen LogP contribution in [0.2, 0.25) is 0 Å². The standard InChI is InChI=1S/C31H17N3S2/c1-2-8-19-17-33-20(13-18(19)7-1)14-29(32-33)34-25-15-23-21-9-3-5-11-26(21)35-28(23)16-24(25)31-30(34)22-10-4-6-12-27(22)36-31/h1-17H. The molecule has 36 heavy (non-hydrogen) atoms. The minimum atomic E-state index is 0.952. The molecule has 0 unspecified atom stereocenters. The van der Waals surface area contributed by atoms with Gasteiger partial charge in [0.2, 0.25) is 0 Å². The lowest BCUT2D eigenvalue weighted by molar-refractivity contribution is 0.928. The van der Waals surface area contributed by atoms with E-state index in [0.717, 1.165) is 11.3 Å². The van der Waals surface area contributed by atoms with Gasteiger partial charge in [0.1, 0.15) is 0 Å². The topological polar surface area (TPSA) is 22.2 Å². The minimum Gasteiger partial charge on any atom is -0.291 e. The van der Waals surface area contributed by atoms with Crippen molar-refractivity contribution in [3.8, 4) is 5.82 Å². The molecule has 0 spiro atoms. The van der Waals surface area contributed by atoms with E-state index in [-0.39, 0.29) is 0 Å². The third-order valence-electron chi connectivity index (χ3n) is 7.32. The van der Waals surface area contributed by atoms with Gasteiger partial charge in [-0.3, -0.25) is 4.57 Å². The molecule has 0 aliphatic heterocycles. The quantitative estimate of drug-likeness (QED) is 0.222. The van der Waals surface area contributed by atoms with Gasteiger partial charge in [0, 0.05) is 53.3 Å². The highest BCUT2D eigenvalue weighted by Crippen LogP contribution is 2.45. The molecule has 5 aromatic heterocycles. The number of nitrogens with zero attached hydrogens (tertiary/aromatic N) is 3. The molecule has 0 N–H and O–H groups in total. The van der Waals surface area contributed by atoms with Gasteiger partial charge in [-0.05, 0) is 35.7 Å². The first-order valence-electron chi connectivity index (χ1n) is 12.0. The SMILES string of the molecule is c1ccc2cn3nc(-n4c5cc6c(cc5c5sc7ccccc7c54)sc4ccccc46)cc3cc2c1. The lowest BCUT2D eigenvalue weighted by Gasteiger charge is -2.04. The fraction of sp³-hybridized carbons (Fsp3) is 0. The number of benzene rings is 4. The first-order valence-corrected chi connectivity index (χ1v) is 13.6. The maximum Gasteiger partial charge on any atom is 0.160 e. The molecule has 5 heteroatoms. The highest BCUT2D eigenvalue weighted by Gasteiger charge is 2.21. The zero-order valence-electron chi connectivity index (χ0n) is 19.0. The van der Waals surface area contributed by atoms with Gasteiger partial charge in [-0.2, -0.15) is 0 Å². The van der Waals surface area contributed by atoms with Gasteiger partial charge in [-0.15, -0.1) is 27.8 Å². The number of hydrogen-bond acceptors (Lipinski definition) is 3.